The maximum absolute atomic E-state index is 13.3. The van der Waals surface area contributed by atoms with Crippen molar-refractivity contribution in [2.45, 2.75) is 40.2 Å². The number of azide groups is 1. The summed E-state index contributed by atoms with van der Waals surface area (Å²) < 4.78 is 1.25. The number of ketones is 1. The third-order valence-corrected chi connectivity index (χ3v) is 4.22. The SMILES string of the molecule is Cc1cc(C)cc(C(=O)c2c(C(C)C)c(=O)[nH]c(=O)n2C/C=C/CN=[N+]=[N-])c1. The van der Waals surface area contributed by atoms with Crippen LogP contribution >= 0.6 is 0 Å². The van der Waals surface area contributed by atoms with Crippen LogP contribution in [0.4, 0.5) is 0 Å². The summed E-state index contributed by atoms with van der Waals surface area (Å²) >= 11 is 0. The van der Waals surface area contributed by atoms with E-state index in [0.29, 0.717) is 5.56 Å². The van der Waals surface area contributed by atoms with Crippen LogP contribution in [-0.2, 0) is 6.54 Å². The van der Waals surface area contributed by atoms with Crippen molar-refractivity contribution in [2.24, 2.45) is 5.11 Å². The summed E-state index contributed by atoms with van der Waals surface area (Å²) in [5.41, 5.74) is 9.74. The molecule has 1 heterocycles. The summed E-state index contributed by atoms with van der Waals surface area (Å²) in [6.07, 6.45) is 3.22. The van der Waals surface area contributed by atoms with Gasteiger partial charge < -0.3 is 0 Å². The molecule has 2 rings (SSSR count). The van der Waals surface area contributed by atoms with E-state index in [-0.39, 0.29) is 36.0 Å². The topological polar surface area (TPSA) is 121 Å². The molecule has 2 aromatic rings. The molecule has 0 bridgehead atoms. The normalized spacial score (nSPS) is 11.0. The molecular formula is C20H23N5O3. The molecule has 8 nitrogen and oxygen atoms in total. The van der Waals surface area contributed by atoms with Gasteiger partial charge in [-0.2, -0.15) is 0 Å². The van der Waals surface area contributed by atoms with Crippen molar-refractivity contribution in [3.8, 4) is 0 Å². The van der Waals surface area contributed by atoms with Crippen LogP contribution in [0.5, 0.6) is 0 Å². The van der Waals surface area contributed by atoms with E-state index in [0.717, 1.165) is 11.1 Å². The molecule has 1 N–H and O–H groups in total. The van der Waals surface area contributed by atoms with Gasteiger partial charge in [-0.25, -0.2) is 4.79 Å². The Hall–Kier alpha value is -3.38. The molecule has 0 saturated heterocycles. The van der Waals surface area contributed by atoms with E-state index in [1.165, 1.54) is 4.57 Å². The molecule has 0 fully saturated rings. The van der Waals surface area contributed by atoms with Crippen LogP contribution in [0.2, 0.25) is 0 Å². The van der Waals surface area contributed by atoms with E-state index >= 15 is 0 Å². The molecule has 1 aromatic heterocycles. The molecule has 0 unspecified atom stereocenters. The van der Waals surface area contributed by atoms with Crippen molar-refractivity contribution in [1.82, 2.24) is 9.55 Å². The lowest BCUT2D eigenvalue weighted by Crippen LogP contribution is -2.37. The van der Waals surface area contributed by atoms with Gasteiger partial charge in [0.25, 0.3) is 5.56 Å². The zero-order valence-electron chi connectivity index (χ0n) is 16.4. The van der Waals surface area contributed by atoms with Gasteiger partial charge in [-0.05, 0) is 37.4 Å². The highest BCUT2D eigenvalue weighted by molar-refractivity contribution is 6.09. The highest BCUT2D eigenvalue weighted by Gasteiger charge is 2.24. The number of H-pyrrole nitrogens is 1. The lowest BCUT2D eigenvalue weighted by atomic mass is 9.95. The largest absolute Gasteiger partial charge is 0.329 e. The zero-order chi connectivity index (χ0) is 20.8. The summed E-state index contributed by atoms with van der Waals surface area (Å²) in [6.45, 7) is 7.57. The fourth-order valence-corrected chi connectivity index (χ4v) is 3.12. The maximum Gasteiger partial charge on any atom is 0.329 e. The highest BCUT2D eigenvalue weighted by atomic mass is 16.2. The molecule has 0 atom stereocenters. The van der Waals surface area contributed by atoms with Crippen molar-refractivity contribution < 1.29 is 4.79 Å². The Bertz CT molecular complexity index is 1070. The number of hydrogen-bond acceptors (Lipinski definition) is 4. The van der Waals surface area contributed by atoms with Crippen LogP contribution in [0.25, 0.3) is 10.4 Å². The number of nitrogens with zero attached hydrogens (tertiary/aromatic N) is 4. The number of rotatable bonds is 7. The van der Waals surface area contributed by atoms with Crippen LogP contribution in [0.3, 0.4) is 0 Å². The molecule has 8 heteroatoms. The molecule has 0 saturated carbocycles. The minimum absolute atomic E-state index is 0.0716. The average molecular weight is 381 g/mol. The molecule has 0 amide bonds. The number of aryl methyl sites for hydroxylation is 2. The van der Waals surface area contributed by atoms with Crippen LogP contribution < -0.4 is 11.2 Å². The zero-order valence-corrected chi connectivity index (χ0v) is 16.4. The predicted molar refractivity (Wildman–Crippen MR) is 108 cm³/mol. The van der Waals surface area contributed by atoms with E-state index in [2.05, 4.69) is 15.0 Å². The average Bonchev–Trinajstić information content (AvgIpc) is 2.60. The first-order chi connectivity index (χ1) is 13.3. The quantitative estimate of drug-likeness (QED) is 0.260. The van der Waals surface area contributed by atoms with Crippen molar-refractivity contribution in [3.63, 3.8) is 0 Å². The van der Waals surface area contributed by atoms with Gasteiger partial charge >= 0.3 is 5.69 Å². The fourth-order valence-electron chi connectivity index (χ4n) is 3.12. The molecule has 0 radical (unpaired) electrons. The number of allylic oxidation sites excluding steroid dienone is 1. The first-order valence-electron chi connectivity index (χ1n) is 8.92. The first kappa shape index (κ1) is 20.9. The van der Waals surface area contributed by atoms with Gasteiger partial charge in [0.2, 0.25) is 5.78 Å². The van der Waals surface area contributed by atoms with Crippen LogP contribution in [-0.4, -0.2) is 21.9 Å². The molecule has 0 aliphatic rings. The Morgan fingerprint density at radius 3 is 2.43 bits per heavy atom. The molecular weight excluding hydrogens is 358 g/mol. The molecule has 28 heavy (non-hydrogen) atoms. The van der Waals surface area contributed by atoms with Crippen molar-refractivity contribution in [1.29, 1.82) is 0 Å². The van der Waals surface area contributed by atoms with E-state index in [4.69, 9.17) is 5.53 Å². The molecule has 0 spiro atoms. The van der Waals surface area contributed by atoms with Gasteiger partial charge in [0.1, 0.15) is 5.69 Å². The second-order valence-electron chi connectivity index (χ2n) is 6.88. The summed E-state index contributed by atoms with van der Waals surface area (Å²) in [5, 5.41) is 3.39. The number of hydrogen-bond donors (Lipinski definition) is 1. The van der Waals surface area contributed by atoms with Crippen molar-refractivity contribution in [3.05, 3.63) is 89.6 Å². The standard InChI is InChI=1S/C20H23N5O3/c1-12(2)16-17(18(26)15-10-13(3)9-14(4)11-15)25(20(28)23-19(16)27)8-6-5-7-22-24-21/h5-6,9-12H,7-8H2,1-4H3,(H,23,27,28)/b6-5+. The number of nitrogens with one attached hydrogen (secondary N) is 1. The Morgan fingerprint density at radius 1 is 1.21 bits per heavy atom. The van der Waals surface area contributed by atoms with Gasteiger partial charge in [-0.15, -0.1) is 0 Å². The van der Waals surface area contributed by atoms with Crippen LogP contribution in [0, 0.1) is 13.8 Å². The van der Waals surface area contributed by atoms with E-state index in [1.54, 1.807) is 38.1 Å². The maximum atomic E-state index is 13.3. The fraction of sp³-hybridized carbons (Fsp3) is 0.350. The second-order valence-corrected chi connectivity index (χ2v) is 6.88. The minimum Gasteiger partial charge on any atom is -0.287 e. The molecule has 1 aromatic carbocycles. The van der Waals surface area contributed by atoms with Crippen molar-refractivity contribution in [2.75, 3.05) is 6.54 Å². The lowest BCUT2D eigenvalue weighted by Gasteiger charge is -2.17. The third kappa shape index (κ3) is 4.66. The summed E-state index contributed by atoms with van der Waals surface area (Å²) in [7, 11) is 0. The van der Waals surface area contributed by atoms with Gasteiger partial charge in [0, 0.05) is 29.1 Å². The van der Waals surface area contributed by atoms with E-state index in [1.807, 2.05) is 19.9 Å². The minimum atomic E-state index is -0.657. The number of carbonyl (C=O) groups excluding carboxylic acids is 1. The van der Waals surface area contributed by atoms with Gasteiger partial charge in [0.15, 0.2) is 0 Å². The van der Waals surface area contributed by atoms with Crippen LogP contribution in [0.15, 0.2) is 45.1 Å². The summed E-state index contributed by atoms with van der Waals surface area (Å²) in [6, 6.07) is 5.43. The predicted octanol–water partition coefficient (Wildman–Crippen LogP) is 3.37. The smallest absolute Gasteiger partial charge is 0.287 e. The van der Waals surface area contributed by atoms with Gasteiger partial charge in [-0.3, -0.25) is 19.1 Å². The number of carbonyl (C=O) groups is 1. The molecule has 146 valence electrons. The number of benzene rings is 1. The first-order valence-corrected chi connectivity index (χ1v) is 8.92. The Morgan fingerprint density at radius 2 is 1.86 bits per heavy atom. The monoisotopic (exact) mass is 381 g/mol. The van der Waals surface area contributed by atoms with E-state index in [9.17, 15) is 14.4 Å². The molecule has 0 aliphatic carbocycles. The second kappa shape index (κ2) is 9.01. The van der Waals surface area contributed by atoms with Gasteiger partial charge in [-0.1, -0.05) is 48.3 Å². The highest BCUT2D eigenvalue weighted by Crippen LogP contribution is 2.19. The third-order valence-electron chi connectivity index (χ3n) is 4.22. The number of aromatic nitrogens is 2. The Kier molecular flexibility index (Phi) is 6.74. The Balaban J connectivity index is 2.68. The summed E-state index contributed by atoms with van der Waals surface area (Å²) in [4.78, 5) is 43.2. The molecule has 0 aliphatic heterocycles. The van der Waals surface area contributed by atoms with Crippen molar-refractivity contribution >= 4 is 5.78 Å². The van der Waals surface area contributed by atoms with E-state index < -0.39 is 11.2 Å². The summed E-state index contributed by atoms with van der Waals surface area (Å²) in [5.74, 6) is -0.630. The Labute approximate surface area is 162 Å². The lowest BCUT2D eigenvalue weighted by molar-refractivity contribution is 0.102. The van der Waals surface area contributed by atoms with Crippen LogP contribution in [0.1, 0.15) is 52.5 Å². The van der Waals surface area contributed by atoms with Gasteiger partial charge in [0.05, 0.1) is 0 Å². The number of aromatic amines is 1.